The van der Waals surface area contributed by atoms with Crippen molar-refractivity contribution in [2.45, 2.75) is 4.90 Å². The number of piperazine rings is 1. The molecule has 1 heterocycles. The van der Waals surface area contributed by atoms with Crippen LogP contribution in [0, 0.1) is 0 Å². The Labute approximate surface area is 152 Å². The second-order valence-electron chi connectivity index (χ2n) is 5.64. The maximum absolute atomic E-state index is 12.6. The summed E-state index contributed by atoms with van der Waals surface area (Å²) in [6, 6.07) is 6.10. The lowest BCUT2D eigenvalue weighted by molar-refractivity contribution is -0.138. The first kappa shape index (κ1) is 19.4. The fraction of sp³-hybridized carbons (Fsp3) is 0.375. The summed E-state index contributed by atoms with van der Waals surface area (Å²) in [6.07, 6.45) is 1.14. The summed E-state index contributed by atoms with van der Waals surface area (Å²) in [4.78, 5) is 26.6. The van der Waals surface area contributed by atoms with Crippen molar-refractivity contribution in [3.63, 3.8) is 0 Å². The van der Waals surface area contributed by atoms with Crippen molar-refractivity contribution >= 4 is 33.4 Å². The fourth-order valence-electron chi connectivity index (χ4n) is 2.49. The normalized spacial score (nSPS) is 15.7. The number of nitrogens with zero attached hydrogens (tertiary/aromatic N) is 3. The van der Waals surface area contributed by atoms with E-state index in [0.717, 1.165) is 6.08 Å². The largest absolute Gasteiger partial charge is 0.339 e. The number of carbonyl (C=O) groups is 2. The zero-order valence-electron chi connectivity index (χ0n) is 13.9. The van der Waals surface area contributed by atoms with E-state index in [-0.39, 0.29) is 49.4 Å². The predicted molar refractivity (Wildman–Crippen MR) is 94.6 cm³/mol. The van der Waals surface area contributed by atoms with Gasteiger partial charge in [-0.2, -0.15) is 4.31 Å². The van der Waals surface area contributed by atoms with Crippen LogP contribution in [0.1, 0.15) is 0 Å². The summed E-state index contributed by atoms with van der Waals surface area (Å²) in [7, 11) is -2.13. The lowest BCUT2D eigenvalue weighted by Crippen LogP contribution is -2.52. The molecule has 0 spiro atoms. The van der Waals surface area contributed by atoms with Crippen LogP contribution in [0.25, 0.3) is 0 Å². The van der Waals surface area contributed by atoms with Crippen molar-refractivity contribution in [1.29, 1.82) is 0 Å². The molecule has 1 aliphatic rings. The second kappa shape index (κ2) is 7.99. The van der Waals surface area contributed by atoms with Crippen molar-refractivity contribution in [2.75, 3.05) is 39.8 Å². The van der Waals surface area contributed by atoms with E-state index < -0.39 is 10.0 Å². The first-order valence-electron chi connectivity index (χ1n) is 7.66. The molecule has 2 amide bonds. The van der Waals surface area contributed by atoms with Crippen LogP contribution < -0.4 is 0 Å². The minimum Gasteiger partial charge on any atom is -0.339 e. The molecule has 9 heteroatoms. The molecule has 0 atom stereocenters. The molecule has 1 aromatic carbocycles. The number of hydrogen-bond acceptors (Lipinski definition) is 4. The molecular weight excluding hydrogens is 366 g/mol. The average Bonchev–Trinajstić information content (AvgIpc) is 2.61. The molecule has 1 saturated heterocycles. The van der Waals surface area contributed by atoms with Crippen molar-refractivity contribution in [2.24, 2.45) is 0 Å². The van der Waals surface area contributed by atoms with Gasteiger partial charge in [-0.25, -0.2) is 8.42 Å². The van der Waals surface area contributed by atoms with Gasteiger partial charge in [0.1, 0.15) is 0 Å². The molecule has 0 aliphatic carbocycles. The van der Waals surface area contributed by atoms with E-state index in [9.17, 15) is 18.0 Å². The molecule has 0 saturated carbocycles. The molecular formula is C16H20ClN3O4S. The van der Waals surface area contributed by atoms with Gasteiger partial charge in [-0.05, 0) is 24.3 Å². The Bertz CT molecular complexity index is 773. The van der Waals surface area contributed by atoms with Crippen LogP contribution in [0.3, 0.4) is 0 Å². The van der Waals surface area contributed by atoms with Crippen LogP contribution >= 0.6 is 11.6 Å². The Morgan fingerprint density at radius 1 is 1.28 bits per heavy atom. The Morgan fingerprint density at radius 3 is 2.48 bits per heavy atom. The Kier molecular flexibility index (Phi) is 6.21. The van der Waals surface area contributed by atoms with Gasteiger partial charge in [-0.1, -0.05) is 24.2 Å². The zero-order chi connectivity index (χ0) is 18.6. The monoisotopic (exact) mass is 385 g/mol. The molecule has 0 unspecified atom stereocenters. The van der Waals surface area contributed by atoms with Crippen molar-refractivity contribution in [3.8, 4) is 0 Å². The lowest BCUT2D eigenvalue weighted by atomic mass is 10.3. The molecule has 1 aromatic rings. The summed E-state index contributed by atoms with van der Waals surface area (Å²) in [6.45, 7) is 4.24. The molecule has 0 radical (unpaired) electrons. The van der Waals surface area contributed by atoms with Crippen LogP contribution in [0.5, 0.6) is 0 Å². The Hall–Kier alpha value is -1.90. The van der Waals surface area contributed by atoms with Gasteiger partial charge in [-0.3, -0.25) is 9.59 Å². The summed E-state index contributed by atoms with van der Waals surface area (Å²) in [5, 5.41) is 0.352. The number of sulfonamides is 1. The van der Waals surface area contributed by atoms with Crippen LogP contribution in [-0.2, 0) is 19.6 Å². The van der Waals surface area contributed by atoms with E-state index in [1.807, 2.05) is 0 Å². The van der Waals surface area contributed by atoms with Gasteiger partial charge in [0.05, 0.1) is 11.4 Å². The number of benzene rings is 1. The van der Waals surface area contributed by atoms with Gasteiger partial charge >= 0.3 is 0 Å². The van der Waals surface area contributed by atoms with Crippen LogP contribution in [0.4, 0.5) is 0 Å². The number of carbonyl (C=O) groups excluding carboxylic acids is 2. The third kappa shape index (κ3) is 4.59. The van der Waals surface area contributed by atoms with Gasteiger partial charge in [0.15, 0.2) is 0 Å². The van der Waals surface area contributed by atoms with Gasteiger partial charge in [0.2, 0.25) is 21.8 Å². The molecule has 1 aliphatic heterocycles. The van der Waals surface area contributed by atoms with Gasteiger partial charge in [0, 0.05) is 38.2 Å². The highest BCUT2D eigenvalue weighted by atomic mass is 35.5. The molecule has 2 rings (SSSR count). The minimum atomic E-state index is -3.64. The van der Waals surface area contributed by atoms with Crippen molar-refractivity contribution in [1.82, 2.24) is 14.1 Å². The quantitative estimate of drug-likeness (QED) is 0.703. The molecule has 0 aromatic heterocycles. The first-order valence-corrected chi connectivity index (χ1v) is 9.48. The van der Waals surface area contributed by atoms with Gasteiger partial charge in [-0.15, -0.1) is 0 Å². The smallest absolute Gasteiger partial charge is 0.246 e. The first-order chi connectivity index (χ1) is 11.8. The minimum absolute atomic E-state index is 0.0636. The zero-order valence-corrected chi connectivity index (χ0v) is 15.5. The summed E-state index contributed by atoms with van der Waals surface area (Å²) >= 11 is 5.87. The van der Waals surface area contributed by atoms with Crippen LogP contribution in [0.15, 0.2) is 41.8 Å². The number of amides is 2. The highest BCUT2D eigenvalue weighted by Crippen LogP contribution is 2.20. The van der Waals surface area contributed by atoms with Crippen LogP contribution in [-0.4, -0.2) is 74.1 Å². The highest BCUT2D eigenvalue weighted by Gasteiger charge is 2.30. The molecule has 0 bridgehead atoms. The second-order valence-corrected chi connectivity index (χ2v) is 8.02. The van der Waals surface area contributed by atoms with E-state index in [1.165, 1.54) is 28.4 Å². The topological polar surface area (TPSA) is 78.0 Å². The summed E-state index contributed by atoms with van der Waals surface area (Å²) in [5.74, 6) is -0.562. The summed E-state index contributed by atoms with van der Waals surface area (Å²) in [5.41, 5.74) is 0. The molecule has 1 fully saturated rings. The Morgan fingerprint density at radius 2 is 1.92 bits per heavy atom. The maximum Gasteiger partial charge on any atom is 0.246 e. The van der Waals surface area contributed by atoms with E-state index >= 15 is 0 Å². The van der Waals surface area contributed by atoms with E-state index in [1.54, 1.807) is 17.0 Å². The lowest BCUT2D eigenvalue weighted by Gasteiger charge is -2.34. The van der Waals surface area contributed by atoms with Gasteiger partial charge < -0.3 is 9.80 Å². The standard InChI is InChI=1S/C16H20ClN3O4S/c1-3-15(21)18(2)12-16(22)19-7-9-20(10-8-19)25(23,24)14-6-4-5-13(17)11-14/h3-6,11H,1,7-10,12H2,2H3. The SMILES string of the molecule is C=CC(=O)N(C)CC(=O)N1CCN(S(=O)(=O)c2cccc(Cl)c2)CC1. The Balaban J connectivity index is 1.98. The predicted octanol–water partition coefficient (Wildman–Crippen LogP) is 0.817. The average molecular weight is 386 g/mol. The van der Waals surface area contributed by atoms with E-state index in [2.05, 4.69) is 6.58 Å². The van der Waals surface area contributed by atoms with Crippen LogP contribution in [0.2, 0.25) is 5.02 Å². The number of rotatable bonds is 5. The van der Waals surface area contributed by atoms with E-state index in [0.29, 0.717) is 5.02 Å². The number of likely N-dealkylation sites (N-methyl/N-ethyl adjacent to an activating group) is 1. The molecule has 7 nitrogen and oxygen atoms in total. The van der Waals surface area contributed by atoms with E-state index in [4.69, 9.17) is 11.6 Å². The number of hydrogen-bond donors (Lipinski definition) is 0. The molecule has 25 heavy (non-hydrogen) atoms. The van der Waals surface area contributed by atoms with Gasteiger partial charge in [0.25, 0.3) is 0 Å². The third-order valence-electron chi connectivity index (χ3n) is 3.95. The highest BCUT2D eigenvalue weighted by molar-refractivity contribution is 7.89. The van der Waals surface area contributed by atoms with Crippen molar-refractivity contribution < 1.29 is 18.0 Å². The number of halogens is 1. The maximum atomic E-state index is 12.6. The van der Waals surface area contributed by atoms with Crippen molar-refractivity contribution in [3.05, 3.63) is 41.9 Å². The fourth-order valence-corrected chi connectivity index (χ4v) is 4.21. The third-order valence-corrected chi connectivity index (χ3v) is 6.08. The summed E-state index contributed by atoms with van der Waals surface area (Å²) < 4.78 is 26.6. The molecule has 0 N–H and O–H groups in total. The molecule has 136 valence electrons.